The highest BCUT2D eigenvalue weighted by Crippen LogP contribution is 2.19. The Morgan fingerprint density at radius 3 is 2.85 bits per heavy atom. The number of hydrogen-bond acceptors (Lipinski definition) is 6. The van der Waals surface area contributed by atoms with Crippen molar-refractivity contribution in [3.63, 3.8) is 0 Å². The van der Waals surface area contributed by atoms with E-state index < -0.39 is 0 Å². The van der Waals surface area contributed by atoms with Crippen molar-refractivity contribution >= 4 is 5.97 Å². The van der Waals surface area contributed by atoms with E-state index in [0.717, 1.165) is 38.2 Å². The summed E-state index contributed by atoms with van der Waals surface area (Å²) in [5, 5.41) is 16.3. The molecule has 0 radical (unpaired) electrons. The average molecular weight is 372 g/mol. The van der Waals surface area contributed by atoms with Crippen LogP contribution in [0, 0.1) is 0 Å². The predicted octanol–water partition coefficient (Wildman–Crippen LogP) is 1.66. The highest BCUT2D eigenvalue weighted by atomic mass is 16.5. The number of rotatable bonds is 8. The molecular formula is C20H28N4O3. The molecule has 0 bridgehead atoms. The second-order valence-electron chi connectivity index (χ2n) is 6.85. The van der Waals surface area contributed by atoms with Crippen molar-refractivity contribution < 1.29 is 14.6 Å². The summed E-state index contributed by atoms with van der Waals surface area (Å²) in [5.41, 5.74) is 2.57. The summed E-state index contributed by atoms with van der Waals surface area (Å²) in [6.07, 6.45) is 2.43. The van der Waals surface area contributed by atoms with Gasteiger partial charge in [0.25, 0.3) is 0 Å². The zero-order valence-corrected chi connectivity index (χ0v) is 15.8. The van der Waals surface area contributed by atoms with Crippen LogP contribution in [-0.2, 0) is 17.8 Å². The average Bonchev–Trinajstić information content (AvgIpc) is 3.13. The van der Waals surface area contributed by atoms with E-state index >= 15 is 0 Å². The van der Waals surface area contributed by atoms with Crippen molar-refractivity contribution in [3.05, 3.63) is 53.3 Å². The summed E-state index contributed by atoms with van der Waals surface area (Å²) in [4.78, 5) is 16.8. The number of ether oxygens (including phenoxy) is 1. The number of hydrogen-bond donors (Lipinski definition) is 2. The van der Waals surface area contributed by atoms with Crippen LogP contribution in [-0.4, -0.2) is 70.0 Å². The van der Waals surface area contributed by atoms with Crippen molar-refractivity contribution in [2.24, 2.45) is 0 Å². The third kappa shape index (κ3) is 5.15. The van der Waals surface area contributed by atoms with Gasteiger partial charge in [0.15, 0.2) is 0 Å². The van der Waals surface area contributed by atoms with E-state index in [-0.39, 0.29) is 18.6 Å². The SMILES string of the molecule is CCOC(=O)c1[nH]ncc1CN1CCN(Cc2ccccc2)[C@@H](CCO)C1. The lowest BCUT2D eigenvalue weighted by molar-refractivity contribution is 0.0474. The van der Waals surface area contributed by atoms with Gasteiger partial charge in [-0.05, 0) is 18.9 Å². The number of benzene rings is 1. The molecule has 0 spiro atoms. The number of aliphatic hydroxyl groups is 1. The first-order valence-corrected chi connectivity index (χ1v) is 9.51. The van der Waals surface area contributed by atoms with E-state index in [0.29, 0.717) is 18.8 Å². The Bertz CT molecular complexity index is 719. The highest BCUT2D eigenvalue weighted by molar-refractivity contribution is 5.88. The molecule has 0 amide bonds. The van der Waals surface area contributed by atoms with Gasteiger partial charge in [-0.1, -0.05) is 30.3 Å². The Balaban J connectivity index is 1.63. The van der Waals surface area contributed by atoms with Crippen LogP contribution in [0.5, 0.6) is 0 Å². The van der Waals surface area contributed by atoms with Crippen molar-refractivity contribution in [1.29, 1.82) is 0 Å². The topological polar surface area (TPSA) is 81.7 Å². The number of aromatic nitrogens is 2. The molecule has 146 valence electrons. The zero-order chi connectivity index (χ0) is 19.1. The number of nitrogens with zero attached hydrogens (tertiary/aromatic N) is 3. The molecule has 1 fully saturated rings. The first-order valence-electron chi connectivity index (χ1n) is 9.51. The van der Waals surface area contributed by atoms with Gasteiger partial charge in [-0.2, -0.15) is 5.10 Å². The molecule has 1 aliphatic heterocycles. The monoisotopic (exact) mass is 372 g/mol. The molecule has 0 saturated carbocycles. The number of aromatic amines is 1. The number of carbonyl (C=O) groups is 1. The van der Waals surface area contributed by atoms with Gasteiger partial charge in [-0.15, -0.1) is 0 Å². The van der Waals surface area contributed by atoms with Crippen molar-refractivity contribution in [1.82, 2.24) is 20.0 Å². The van der Waals surface area contributed by atoms with E-state index in [1.807, 2.05) is 6.07 Å². The number of esters is 1. The maximum absolute atomic E-state index is 12.0. The highest BCUT2D eigenvalue weighted by Gasteiger charge is 2.28. The Hall–Kier alpha value is -2.22. The molecular weight excluding hydrogens is 344 g/mol. The molecule has 1 atom stereocenters. The second kappa shape index (κ2) is 9.64. The Labute approximate surface area is 159 Å². The smallest absolute Gasteiger partial charge is 0.356 e. The Kier molecular flexibility index (Phi) is 6.98. The summed E-state index contributed by atoms with van der Waals surface area (Å²) < 4.78 is 5.09. The number of piperazine rings is 1. The fourth-order valence-corrected chi connectivity index (χ4v) is 3.60. The lowest BCUT2D eigenvalue weighted by atomic mass is 10.1. The van der Waals surface area contributed by atoms with Gasteiger partial charge in [0.05, 0.1) is 12.8 Å². The van der Waals surface area contributed by atoms with Crippen LogP contribution in [0.25, 0.3) is 0 Å². The van der Waals surface area contributed by atoms with Crippen LogP contribution in [0.15, 0.2) is 36.5 Å². The minimum atomic E-state index is -0.361. The van der Waals surface area contributed by atoms with Gasteiger partial charge in [-0.3, -0.25) is 14.9 Å². The standard InChI is InChI=1S/C20H28N4O3/c1-2-27-20(26)19-17(12-21-22-19)14-23-9-10-24(18(15-23)8-11-25)13-16-6-4-3-5-7-16/h3-7,12,18,25H,2,8-11,13-15H2,1H3,(H,21,22)/t18-/m0/s1. The van der Waals surface area contributed by atoms with E-state index in [4.69, 9.17) is 4.74 Å². The minimum Gasteiger partial charge on any atom is -0.461 e. The molecule has 7 nitrogen and oxygen atoms in total. The van der Waals surface area contributed by atoms with Crippen molar-refractivity contribution in [2.45, 2.75) is 32.5 Å². The fourth-order valence-electron chi connectivity index (χ4n) is 3.60. The molecule has 3 rings (SSSR count). The number of aliphatic hydroxyl groups excluding tert-OH is 1. The van der Waals surface area contributed by atoms with Crippen molar-refractivity contribution in [2.75, 3.05) is 32.8 Å². The molecule has 7 heteroatoms. The molecule has 1 aliphatic rings. The number of nitrogens with one attached hydrogen (secondary N) is 1. The Morgan fingerprint density at radius 1 is 1.30 bits per heavy atom. The molecule has 1 saturated heterocycles. The minimum absolute atomic E-state index is 0.170. The first-order chi connectivity index (χ1) is 13.2. The zero-order valence-electron chi connectivity index (χ0n) is 15.8. The first kappa shape index (κ1) is 19.5. The summed E-state index contributed by atoms with van der Waals surface area (Å²) in [6.45, 7) is 6.51. The van der Waals surface area contributed by atoms with Gasteiger partial charge in [0.2, 0.25) is 0 Å². The van der Waals surface area contributed by atoms with Gasteiger partial charge < -0.3 is 9.84 Å². The van der Waals surface area contributed by atoms with Crippen LogP contribution < -0.4 is 0 Å². The summed E-state index contributed by atoms with van der Waals surface area (Å²) >= 11 is 0. The Morgan fingerprint density at radius 2 is 2.11 bits per heavy atom. The van der Waals surface area contributed by atoms with E-state index in [1.165, 1.54) is 5.56 Å². The fraction of sp³-hybridized carbons (Fsp3) is 0.500. The lowest BCUT2D eigenvalue weighted by Gasteiger charge is -2.41. The van der Waals surface area contributed by atoms with Crippen LogP contribution in [0.4, 0.5) is 0 Å². The normalized spacial score (nSPS) is 18.5. The molecule has 1 aromatic carbocycles. The van der Waals surface area contributed by atoms with Crippen molar-refractivity contribution in [3.8, 4) is 0 Å². The molecule has 2 aromatic rings. The molecule has 1 aromatic heterocycles. The molecule has 27 heavy (non-hydrogen) atoms. The van der Waals surface area contributed by atoms with Gasteiger partial charge in [0, 0.05) is 50.9 Å². The molecule has 0 aliphatic carbocycles. The van der Waals surface area contributed by atoms with E-state index in [1.54, 1.807) is 13.1 Å². The van der Waals surface area contributed by atoms with Gasteiger partial charge >= 0.3 is 5.97 Å². The largest absolute Gasteiger partial charge is 0.461 e. The molecule has 2 N–H and O–H groups in total. The lowest BCUT2D eigenvalue weighted by Crippen LogP contribution is -2.52. The second-order valence-corrected chi connectivity index (χ2v) is 6.85. The van der Waals surface area contributed by atoms with Crippen LogP contribution in [0.3, 0.4) is 0 Å². The summed E-state index contributed by atoms with van der Waals surface area (Å²) in [5.74, 6) is -0.361. The van der Waals surface area contributed by atoms with Crippen LogP contribution >= 0.6 is 0 Å². The third-order valence-corrected chi connectivity index (χ3v) is 4.97. The maximum Gasteiger partial charge on any atom is 0.356 e. The van der Waals surface area contributed by atoms with E-state index in [9.17, 15) is 9.90 Å². The van der Waals surface area contributed by atoms with E-state index in [2.05, 4.69) is 44.3 Å². The third-order valence-electron chi connectivity index (χ3n) is 4.97. The number of H-pyrrole nitrogens is 1. The molecule has 0 unspecified atom stereocenters. The van der Waals surface area contributed by atoms with Crippen LogP contribution in [0.1, 0.15) is 35.0 Å². The van der Waals surface area contributed by atoms with Crippen LogP contribution in [0.2, 0.25) is 0 Å². The summed E-state index contributed by atoms with van der Waals surface area (Å²) in [6, 6.07) is 10.7. The quantitative estimate of drug-likeness (QED) is 0.686. The predicted molar refractivity (Wildman–Crippen MR) is 102 cm³/mol. The van der Waals surface area contributed by atoms with Gasteiger partial charge in [-0.25, -0.2) is 4.79 Å². The van der Waals surface area contributed by atoms with Gasteiger partial charge in [0.1, 0.15) is 5.69 Å². The molecule has 2 heterocycles. The summed E-state index contributed by atoms with van der Waals surface area (Å²) in [7, 11) is 0. The number of carbonyl (C=O) groups excluding carboxylic acids is 1. The maximum atomic E-state index is 12.0.